The Morgan fingerprint density at radius 2 is 2.07 bits per heavy atom. The van der Waals surface area contributed by atoms with Gasteiger partial charge in [-0.3, -0.25) is 4.79 Å². The number of hydrogen-bond acceptors (Lipinski definition) is 4. The van der Waals surface area contributed by atoms with Crippen molar-refractivity contribution in [3.05, 3.63) is 0 Å². The molecule has 0 atom stereocenters. The van der Waals surface area contributed by atoms with E-state index in [4.69, 9.17) is 15.2 Å². The molecule has 0 rings (SSSR count). The van der Waals surface area contributed by atoms with Gasteiger partial charge in [0.05, 0.1) is 13.2 Å². The van der Waals surface area contributed by atoms with Crippen LogP contribution in [0.1, 0.15) is 19.3 Å². The van der Waals surface area contributed by atoms with E-state index >= 15 is 0 Å². The van der Waals surface area contributed by atoms with Crippen molar-refractivity contribution in [1.29, 1.82) is 0 Å². The Morgan fingerprint density at radius 1 is 1.27 bits per heavy atom. The van der Waals surface area contributed by atoms with E-state index in [2.05, 4.69) is 5.32 Å². The number of carbonyl (C=O) groups excluding carboxylic acids is 1. The van der Waals surface area contributed by atoms with Crippen LogP contribution in [0.2, 0.25) is 0 Å². The van der Waals surface area contributed by atoms with E-state index in [1.54, 1.807) is 7.11 Å². The summed E-state index contributed by atoms with van der Waals surface area (Å²) in [6, 6.07) is 0. The zero-order chi connectivity index (χ0) is 11.4. The van der Waals surface area contributed by atoms with Crippen LogP contribution >= 0.6 is 0 Å². The van der Waals surface area contributed by atoms with Crippen molar-refractivity contribution < 1.29 is 14.3 Å². The Kier molecular flexibility index (Phi) is 10.9. The second-order valence-electron chi connectivity index (χ2n) is 3.24. The highest BCUT2D eigenvalue weighted by Gasteiger charge is 1.99. The zero-order valence-electron chi connectivity index (χ0n) is 9.46. The normalized spacial score (nSPS) is 10.3. The molecule has 0 unspecified atom stereocenters. The van der Waals surface area contributed by atoms with Crippen LogP contribution < -0.4 is 11.1 Å². The van der Waals surface area contributed by atoms with Crippen molar-refractivity contribution in [3.63, 3.8) is 0 Å². The fraction of sp³-hybridized carbons (Fsp3) is 0.900. The molecule has 0 aliphatic heterocycles. The minimum absolute atomic E-state index is 0.0705. The van der Waals surface area contributed by atoms with Crippen LogP contribution in [0.3, 0.4) is 0 Å². The van der Waals surface area contributed by atoms with Gasteiger partial charge < -0.3 is 20.5 Å². The van der Waals surface area contributed by atoms with E-state index in [1.165, 1.54) is 0 Å². The molecule has 5 heteroatoms. The Labute approximate surface area is 91.3 Å². The van der Waals surface area contributed by atoms with Crippen molar-refractivity contribution in [2.75, 3.05) is 40.0 Å². The number of unbranched alkanes of at least 4 members (excludes halogenated alkanes) is 2. The highest BCUT2D eigenvalue weighted by Crippen LogP contribution is 1.90. The molecule has 0 aliphatic rings. The van der Waals surface area contributed by atoms with Crippen LogP contribution in [-0.4, -0.2) is 45.9 Å². The van der Waals surface area contributed by atoms with Crippen LogP contribution in [-0.2, 0) is 14.3 Å². The van der Waals surface area contributed by atoms with Crippen molar-refractivity contribution >= 4 is 5.91 Å². The topological polar surface area (TPSA) is 73.6 Å². The Morgan fingerprint density at radius 3 is 2.73 bits per heavy atom. The predicted molar refractivity (Wildman–Crippen MR) is 58.6 cm³/mol. The van der Waals surface area contributed by atoms with E-state index in [9.17, 15) is 4.79 Å². The summed E-state index contributed by atoms with van der Waals surface area (Å²) in [6.45, 7) is 2.50. The number of methoxy groups -OCH3 is 1. The van der Waals surface area contributed by atoms with Gasteiger partial charge in [-0.1, -0.05) is 6.42 Å². The molecular formula is C10H22N2O3. The first kappa shape index (κ1) is 14.3. The number of amides is 1. The fourth-order valence-electron chi connectivity index (χ4n) is 1.03. The van der Waals surface area contributed by atoms with E-state index in [-0.39, 0.29) is 12.5 Å². The van der Waals surface area contributed by atoms with Crippen LogP contribution in [0.4, 0.5) is 0 Å². The maximum atomic E-state index is 11.1. The molecule has 90 valence electrons. The summed E-state index contributed by atoms with van der Waals surface area (Å²) in [4.78, 5) is 11.1. The van der Waals surface area contributed by atoms with Crippen LogP contribution in [0, 0.1) is 0 Å². The number of ether oxygens (including phenoxy) is 2. The molecule has 0 aromatic carbocycles. The van der Waals surface area contributed by atoms with Gasteiger partial charge in [-0.05, 0) is 19.4 Å². The smallest absolute Gasteiger partial charge is 0.245 e. The molecule has 0 saturated carbocycles. The number of rotatable bonds is 10. The Hall–Kier alpha value is -0.650. The minimum atomic E-state index is -0.0705. The number of nitrogens with two attached hydrogens (primary N) is 1. The lowest BCUT2D eigenvalue weighted by Gasteiger charge is -2.05. The highest BCUT2D eigenvalue weighted by molar-refractivity contribution is 5.77. The molecule has 0 spiro atoms. The summed E-state index contributed by atoms with van der Waals surface area (Å²) < 4.78 is 9.84. The summed E-state index contributed by atoms with van der Waals surface area (Å²) in [5.74, 6) is -0.0705. The molecule has 0 radical (unpaired) electrons. The first-order valence-corrected chi connectivity index (χ1v) is 5.34. The van der Waals surface area contributed by atoms with Gasteiger partial charge in [0.2, 0.25) is 5.91 Å². The van der Waals surface area contributed by atoms with Crippen molar-refractivity contribution in [1.82, 2.24) is 5.32 Å². The molecule has 0 heterocycles. The van der Waals surface area contributed by atoms with Gasteiger partial charge in [-0.25, -0.2) is 0 Å². The second kappa shape index (κ2) is 11.4. The van der Waals surface area contributed by atoms with Gasteiger partial charge in [-0.2, -0.15) is 0 Å². The summed E-state index contributed by atoms with van der Waals surface area (Å²) in [7, 11) is 1.60. The molecule has 0 aromatic rings. The van der Waals surface area contributed by atoms with Gasteiger partial charge in [0.25, 0.3) is 0 Å². The van der Waals surface area contributed by atoms with Crippen molar-refractivity contribution in [2.24, 2.45) is 5.73 Å². The lowest BCUT2D eigenvalue weighted by atomic mass is 10.2. The molecule has 5 nitrogen and oxygen atoms in total. The van der Waals surface area contributed by atoms with Crippen LogP contribution in [0.25, 0.3) is 0 Å². The SMILES string of the molecule is COCCOCC(=O)NCCCCCN. The first-order chi connectivity index (χ1) is 7.31. The lowest BCUT2D eigenvalue weighted by molar-refractivity contribution is -0.126. The van der Waals surface area contributed by atoms with Gasteiger partial charge in [0.1, 0.15) is 6.61 Å². The maximum absolute atomic E-state index is 11.1. The molecule has 0 aromatic heterocycles. The quantitative estimate of drug-likeness (QED) is 0.502. The molecule has 0 fully saturated rings. The largest absolute Gasteiger partial charge is 0.382 e. The average Bonchev–Trinajstić information content (AvgIpc) is 2.24. The Balaban J connectivity index is 3.11. The summed E-state index contributed by atoms with van der Waals surface area (Å²) in [6.07, 6.45) is 3.04. The summed E-state index contributed by atoms with van der Waals surface area (Å²) in [5, 5.41) is 2.77. The van der Waals surface area contributed by atoms with E-state index < -0.39 is 0 Å². The van der Waals surface area contributed by atoms with E-state index in [1.807, 2.05) is 0 Å². The molecule has 0 aliphatic carbocycles. The first-order valence-electron chi connectivity index (χ1n) is 5.34. The zero-order valence-corrected chi connectivity index (χ0v) is 9.46. The summed E-state index contributed by atoms with van der Waals surface area (Å²) >= 11 is 0. The number of carbonyl (C=O) groups is 1. The maximum Gasteiger partial charge on any atom is 0.245 e. The third-order valence-corrected chi connectivity index (χ3v) is 1.87. The van der Waals surface area contributed by atoms with Crippen LogP contribution in [0.5, 0.6) is 0 Å². The van der Waals surface area contributed by atoms with Crippen molar-refractivity contribution in [2.45, 2.75) is 19.3 Å². The number of hydrogen-bond donors (Lipinski definition) is 2. The van der Waals surface area contributed by atoms with Crippen LogP contribution in [0.15, 0.2) is 0 Å². The lowest BCUT2D eigenvalue weighted by Crippen LogP contribution is -2.29. The van der Waals surface area contributed by atoms with Gasteiger partial charge in [0, 0.05) is 13.7 Å². The predicted octanol–water partition coefficient (Wildman–Crippen LogP) is -0.105. The van der Waals surface area contributed by atoms with Gasteiger partial charge in [-0.15, -0.1) is 0 Å². The standard InChI is InChI=1S/C10H22N2O3/c1-14-7-8-15-9-10(13)12-6-4-2-3-5-11/h2-9,11H2,1H3,(H,12,13). The van der Waals surface area contributed by atoms with E-state index in [0.717, 1.165) is 19.3 Å². The van der Waals surface area contributed by atoms with E-state index in [0.29, 0.717) is 26.3 Å². The Bertz CT molecular complexity index is 154. The number of nitrogens with one attached hydrogen (secondary N) is 1. The van der Waals surface area contributed by atoms with Crippen molar-refractivity contribution in [3.8, 4) is 0 Å². The molecule has 15 heavy (non-hydrogen) atoms. The summed E-state index contributed by atoms with van der Waals surface area (Å²) in [5.41, 5.74) is 5.35. The monoisotopic (exact) mass is 218 g/mol. The van der Waals surface area contributed by atoms with Gasteiger partial charge >= 0.3 is 0 Å². The molecule has 3 N–H and O–H groups in total. The second-order valence-corrected chi connectivity index (χ2v) is 3.24. The highest BCUT2D eigenvalue weighted by atomic mass is 16.5. The third-order valence-electron chi connectivity index (χ3n) is 1.87. The van der Waals surface area contributed by atoms with Gasteiger partial charge in [0.15, 0.2) is 0 Å². The molecular weight excluding hydrogens is 196 g/mol. The fourth-order valence-corrected chi connectivity index (χ4v) is 1.03. The molecule has 0 saturated heterocycles. The third kappa shape index (κ3) is 11.3. The molecule has 1 amide bonds. The average molecular weight is 218 g/mol. The minimum Gasteiger partial charge on any atom is -0.382 e. The molecule has 0 bridgehead atoms.